The summed E-state index contributed by atoms with van der Waals surface area (Å²) in [6.07, 6.45) is -12.9. The number of aliphatic hydroxyl groups is 6. The molecule has 314 valence electrons. The summed E-state index contributed by atoms with van der Waals surface area (Å²) in [6.45, 7) is 0.699. The van der Waals surface area contributed by atoms with Crippen LogP contribution in [0.25, 0.3) is 6.08 Å². The third kappa shape index (κ3) is 9.91. The molecule has 0 amide bonds. The summed E-state index contributed by atoms with van der Waals surface area (Å²) in [5, 5.41) is 82.4. The van der Waals surface area contributed by atoms with Gasteiger partial charge in [-0.3, -0.25) is 9.59 Å². The van der Waals surface area contributed by atoms with E-state index in [1.54, 1.807) is 12.1 Å². The monoisotopic (exact) mass is 818 g/mol. The summed E-state index contributed by atoms with van der Waals surface area (Å²) in [7, 11) is 1.39. The van der Waals surface area contributed by atoms with E-state index in [9.17, 15) is 50.4 Å². The molecule has 0 aliphatic carbocycles. The van der Waals surface area contributed by atoms with Crippen molar-refractivity contribution in [2.45, 2.75) is 80.9 Å². The van der Waals surface area contributed by atoms with Crippen LogP contribution in [-0.2, 0) is 14.2 Å². The molecule has 16 nitrogen and oxygen atoms in total. The van der Waals surface area contributed by atoms with Crippen molar-refractivity contribution in [3.05, 3.63) is 119 Å². The van der Waals surface area contributed by atoms with Gasteiger partial charge in [0.05, 0.1) is 26.2 Å². The molecule has 11 atom stereocenters. The maximum atomic E-state index is 13.0. The van der Waals surface area contributed by atoms with Crippen molar-refractivity contribution in [1.29, 1.82) is 0 Å². The third-order valence-corrected chi connectivity index (χ3v) is 10.0. The van der Waals surface area contributed by atoms with Gasteiger partial charge in [0.2, 0.25) is 6.29 Å². The first-order valence-electron chi connectivity index (χ1n) is 18.7. The molecular formula is C43H46O16. The number of carbonyl (C=O) groups excluding carboxylic acids is 2. The summed E-state index contributed by atoms with van der Waals surface area (Å²) < 4.78 is 33.7. The third-order valence-electron chi connectivity index (χ3n) is 10.0. The zero-order chi connectivity index (χ0) is 42.4. The topological polar surface area (TPSA) is 251 Å². The molecule has 1 unspecified atom stereocenters. The number of ether oxygens (including phenoxy) is 6. The standard InChI is InChI=1S/C28H34O15.C15H12O/c1-10-21(33)23(35)25(37)27(39-10)43-26-24(36)22(34)19(9-29)42-28(26)40-12-6-14(31)20-15(32)8-17(41-18(20)7-12)11-3-4-16(38-2)13(30)5-11;16-15(14-9-5-2-6-10-14)12-11-13-7-3-1-4-8-13/h3-7,10,17,19,21-31,33-37H,8-9H2,1-2H3;1-12H/t10-,17?,19+,21-,22+,23+,24-,25+,26+,27-,28+;/m0./s1. The zero-order valence-electron chi connectivity index (χ0n) is 31.9. The lowest BCUT2D eigenvalue weighted by Crippen LogP contribution is -2.64. The first-order valence-corrected chi connectivity index (χ1v) is 18.7. The quantitative estimate of drug-likeness (QED) is 0.0845. The summed E-state index contributed by atoms with van der Waals surface area (Å²) in [6, 6.07) is 25.9. The molecule has 0 radical (unpaired) electrons. The molecule has 2 saturated heterocycles. The molecule has 59 heavy (non-hydrogen) atoms. The number of fused-ring (bicyclic) bond motifs is 1. The van der Waals surface area contributed by atoms with E-state index in [0.717, 1.165) is 17.2 Å². The number of phenols is 2. The molecule has 3 aliphatic heterocycles. The van der Waals surface area contributed by atoms with E-state index in [2.05, 4.69) is 0 Å². The zero-order valence-corrected chi connectivity index (χ0v) is 31.9. The maximum Gasteiger partial charge on any atom is 0.229 e. The fraction of sp³-hybridized carbons (Fsp3) is 0.349. The van der Waals surface area contributed by atoms with Gasteiger partial charge in [-0.05, 0) is 36.3 Å². The van der Waals surface area contributed by atoms with Crippen molar-refractivity contribution in [3.8, 4) is 28.7 Å². The fourth-order valence-corrected chi connectivity index (χ4v) is 6.72. The predicted molar refractivity (Wildman–Crippen MR) is 207 cm³/mol. The Morgan fingerprint density at radius 3 is 2.15 bits per heavy atom. The van der Waals surface area contributed by atoms with Crippen LogP contribution in [0.4, 0.5) is 0 Å². The average Bonchev–Trinajstić information content (AvgIpc) is 3.24. The van der Waals surface area contributed by atoms with Crippen LogP contribution >= 0.6 is 0 Å². The number of benzene rings is 4. The Labute approximate surface area is 338 Å². The minimum Gasteiger partial charge on any atom is -0.507 e. The molecule has 4 aromatic carbocycles. The van der Waals surface area contributed by atoms with Crippen molar-refractivity contribution >= 4 is 17.6 Å². The Bertz CT molecular complexity index is 2080. The number of Topliss-reactive ketones (excluding diaryl/α,β-unsaturated/α-hetero) is 1. The Morgan fingerprint density at radius 2 is 1.49 bits per heavy atom. The van der Waals surface area contributed by atoms with Gasteiger partial charge in [-0.25, -0.2) is 0 Å². The van der Waals surface area contributed by atoms with Crippen molar-refractivity contribution < 1.29 is 78.9 Å². The van der Waals surface area contributed by atoms with Gasteiger partial charge in [-0.2, -0.15) is 0 Å². The Balaban J connectivity index is 0.000000305. The number of rotatable bonds is 10. The van der Waals surface area contributed by atoms with E-state index < -0.39 is 85.7 Å². The molecule has 16 heteroatoms. The second-order valence-corrected chi connectivity index (χ2v) is 14.1. The Morgan fingerprint density at radius 1 is 0.797 bits per heavy atom. The number of phenolic OH excluding ortho intramolecular Hbond substituents is 2. The summed E-state index contributed by atoms with van der Waals surface area (Å²) in [5.74, 6) is -1.03. The molecular weight excluding hydrogens is 772 g/mol. The Hall–Kier alpha value is -5.40. The van der Waals surface area contributed by atoms with Crippen LogP contribution in [0.3, 0.4) is 0 Å². The Kier molecular flexibility index (Phi) is 14.0. The highest BCUT2D eigenvalue weighted by Gasteiger charge is 2.51. The number of hydrogen-bond donors (Lipinski definition) is 8. The van der Waals surface area contributed by atoms with Crippen LogP contribution in [0.15, 0.2) is 97.1 Å². The highest BCUT2D eigenvalue weighted by molar-refractivity contribution is 6.06. The van der Waals surface area contributed by atoms with E-state index in [4.69, 9.17) is 28.4 Å². The molecule has 7 rings (SSSR count). The molecule has 0 saturated carbocycles. The second kappa shape index (κ2) is 19.1. The normalized spacial score (nSPS) is 29.1. The lowest BCUT2D eigenvalue weighted by molar-refractivity contribution is -0.354. The number of aliphatic hydroxyl groups excluding tert-OH is 6. The number of ketones is 2. The minimum absolute atomic E-state index is 0.0319. The van der Waals surface area contributed by atoms with Crippen LogP contribution in [0, 0.1) is 0 Å². The van der Waals surface area contributed by atoms with Gasteiger partial charge < -0.3 is 69.3 Å². The van der Waals surface area contributed by atoms with Crippen LogP contribution in [-0.4, -0.2) is 128 Å². The van der Waals surface area contributed by atoms with Crippen molar-refractivity contribution in [2.24, 2.45) is 0 Å². The molecule has 0 aromatic heterocycles. The average molecular weight is 819 g/mol. The highest BCUT2D eigenvalue weighted by atomic mass is 16.8. The van der Waals surface area contributed by atoms with Crippen LogP contribution in [0.5, 0.6) is 28.7 Å². The predicted octanol–water partition coefficient (Wildman–Crippen LogP) is 2.43. The number of allylic oxidation sites excluding steroid dienone is 1. The van der Waals surface area contributed by atoms with Gasteiger partial charge in [0.1, 0.15) is 65.5 Å². The molecule has 8 N–H and O–H groups in total. The maximum absolute atomic E-state index is 13.0. The van der Waals surface area contributed by atoms with Gasteiger partial charge in [0.25, 0.3) is 0 Å². The first-order chi connectivity index (χ1) is 28.3. The number of aromatic hydroxyl groups is 2. The first kappa shape index (κ1) is 43.2. The smallest absolute Gasteiger partial charge is 0.229 e. The fourth-order valence-electron chi connectivity index (χ4n) is 6.72. The van der Waals surface area contributed by atoms with Crippen molar-refractivity contribution in [3.63, 3.8) is 0 Å². The molecule has 0 spiro atoms. The van der Waals surface area contributed by atoms with Crippen LogP contribution < -0.4 is 14.2 Å². The van der Waals surface area contributed by atoms with Gasteiger partial charge in [0, 0.05) is 17.7 Å². The lowest BCUT2D eigenvalue weighted by Gasteiger charge is -2.45. The van der Waals surface area contributed by atoms with Gasteiger partial charge >= 0.3 is 0 Å². The van der Waals surface area contributed by atoms with Crippen LogP contribution in [0.1, 0.15) is 51.3 Å². The number of carbonyl (C=O) groups is 2. The van der Waals surface area contributed by atoms with E-state index in [0.29, 0.717) is 5.56 Å². The van der Waals surface area contributed by atoms with Crippen molar-refractivity contribution in [1.82, 2.24) is 0 Å². The highest BCUT2D eigenvalue weighted by Crippen LogP contribution is 2.44. The molecule has 3 heterocycles. The molecule has 4 aromatic rings. The summed E-state index contributed by atoms with van der Waals surface area (Å²) in [4.78, 5) is 24.7. The van der Waals surface area contributed by atoms with E-state index in [1.165, 1.54) is 32.2 Å². The molecule has 3 aliphatic rings. The molecule has 2 fully saturated rings. The SMILES string of the molecule is COc1ccc(C2CC(=O)c3c(O)cc(O[C@@H]4O[C@H](CO)[C@@H](O)[C@H](O)[C@H]4O[C@@H]4O[C@@H](C)[C@H](O)[C@@H](O)[C@H]4O)cc3O2)cc1O.O=C(C=Cc1ccccc1)c1ccccc1. The second-order valence-electron chi connectivity index (χ2n) is 14.1. The van der Waals surface area contributed by atoms with E-state index in [1.807, 2.05) is 66.7 Å². The number of methoxy groups -OCH3 is 1. The van der Waals surface area contributed by atoms with Gasteiger partial charge in [-0.15, -0.1) is 0 Å². The summed E-state index contributed by atoms with van der Waals surface area (Å²) in [5.41, 5.74) is 2.10. The minimum atomic E-state index is -1.76. The van der Waals surface area contributed by atoms with Crippen LogP contribution in [0.2, 0.25) is 0 Å². The van der Waals surface area contributed by atoms with Gasteiger partial charge in [0.15, 0.2) is 35.5 Å². The lowest BCUT2D eigenvalue weighted by atomic mass is 9.95. The van der Waals surface area contributed by atoms with Gasteiger partial charge in [-0.1, -0.05) is 72.8 Å². The van der Waals surface area contributed by atoms with E-state index in [-0.39, 0.29) is 40.8 Å². The summed E-state index contributed by atoms with van der Waals surface area (Å²) >= 11 is 0. The molecule has 0 bridgehead atoms. The van der Waals surface area contributed by atoms with E-state index >= 15 is 0 Å². The number of hydrogen-bond acceptors (Lipinski definition) is 16. The van der Waals surface area contributed by atoms with Crippen molar-refractivity contribution in [2.75, 3.05) is 13.7 Å². The largest absolute Gasteiger partial charge is 0.507 e.